The maximum Gasteiger partial charge on any atom is 0.0346 e. The van der Waals surface area contributed by atoms with Gasteiger partial charge in [-0.1, -0.05) is 82.3 Å². The minimum Gasteiger partial charge on any atom is -0.269 e. The van der Waals surface area contributed by atoms with Crippen molar-refractivity contribution in [2.45, 2.75) is 51.4 Å². The monoisotopic (exact) mass is 516 g/mol. The zero-order valence-corrected chi connectivity index (χ0v) is 23.5. The molecule has 0 atom stereocenters. The van der Waals surface area contributed by atoms with Crippen LogP contribution in [0, 0.1) is 0 Å². The first-order valence-electron chi connectivity index (χ1n) is 14.4. The molecule has 2 heterocycles. The van der Waals surface area contributed by atoms with Gasteiger partial charge in [-0.25, -0.2) is 0 Å². The van der Waals surface area contributed by atoms with Gasteiger partial charge in [-0.05, 0) is 109 Å². The summed E-state index contributed by atoms with van der Waals surface area (Å²) >= 11 is 0. The summed E-state index contributed by atoms with van der Waals surface area (Å²) in [5.74, 6) is 0. The van der Waals surface area contributed by atoms with Crippen LogP contribution in [-0.4, -0.2) is 11.2 Å². The van der Waals surface area contributed by atoms with Crippen molar-refractivity contribution >= 4 is 22.6 Å². The molecule has 8 rings (SSSR count). The van der Waals surface area contributed by atoms with E-state index in [4.69, 9.17) is 0 Å². The second kappa shape index (κ2) is 8.11. The van der Waals surface area contributed by atoms with Crippen LogP contribution in [0.3, 0.4) is 0 Å². The Morgan fingerprint density at radius 2 is 1.20 bits per heavy atom. The van der Waals surface area contributed by atoms with E-state index in [1.54, 1.807) is 0 Å². The Balaban J connectivity index is 1.38. The molecule has 2 aliphatic carbocycles. The lowest BCUT2D eigenvalue weighted by Crippen LogP contribution is -2.28. The lowest BCUT2D eigenvalue weighted by molar-refractivity contribution is 0.633. The topological polar surface area (TPSA) is 25.2 Å². The molecule has 0 N–H and O–H groups in total. The molecule has 3 aliphatic rings. The van der Waals surface area contributed by atoms with Crippen molar-refractivity contribution in [3.05, 3.63) is 119 Å². The highest BCUT2D eigenvalue weighted by Crippen LogP contribution is 2.56. The number of rotatable bonds is 2. The van der Waals surface area contributed by atoms with Gasteiger partial charge in [-0.3, -0.25) is 9.98 Å². The van der Waals surface area contributed by atoms with Gasteiger partial charge in [-0.2, -0.15) is 0 Å². The molecule has 5 aromatic rings. The van der Waals surface area contributed by atoms with Crippen LogP contribution in [0.2, 0.25) is 0 Å². The highest BCUT2D eigenvalue weighted by molar-refractivity contribution is 6.13. The van der Waals surface area contributed by atoms with Crippen LogP contribution >= 0.6 is 0 Å². The fraction of sp³-hybridized carbons (Fsp3) is 0.211. The number of allylic oxidation sites excluding steroid dienone is 1. The van der Waals surface area contributed by atoms with Gasteiger partial charge < -0.3 is 0 Å². The summed E-state index contributed by atoms with van der Waals surface area (Å²) in [6.45, 7) is 9.58. The van der Waals surface area contributed by atoms with E-state index in [0.717, 1.165) is 18.4 Å². The van der Waals surface area contributed by atoms with Crippen LogP contribution in [-0.2, 0) is 10.8 Å². The Hall–Kier alpha value is -4.30. The minimum absolute atomic E-state index is 0.109. The van der Waals surface area contributed by atoms with Gasteiger partial charge in [0.15, 0.2) is 0 Å². The molecule has 0 saturated carbocycles. The van der Waals surface area contributed by atoms with Gasteiger partial charge in [-0.15, -0.1) is 0 Å². The highest BCUT2D eigenvalue weighted by Gasteiger charge is 2.39. The molecule has 0 unspecified atom stereocenters. The first-order valence-corrected chi connectivity index (χ1v) is 14.4. The molecule has 4 aromatic carbocycles. The second-order valence-corrected chi connectivity index (χ2v) is 12.6. The predicted octanol–water partition coefficient (Wildman–Crippen LogP) is 9.72. The van der Waals surface area contributed by atoms with Gasteiger partial charge >= 0.3 is 0 Å². The van der Waals surface area contributed by atoms with Crippen molar-refractivity contribution in [2.24, 2.45) is 4.99 Å². The van der Waals surface area contributed by atoms with E-state index in [2.05, 4.69) is 104 Å². The third-order valence-electron chi connectivity index (χ3n) is 9.72. The quantitative estimate of drug-likeness (QED) is 0.229. The summed E-state index contributed by atoms with van der Waals surface area (Å²) in [5.41, 5.74) is 15.8. The number of hydrogen-bond donors (Lipinski definition) is 0. The van der Waals surface area contributed by atoms with Crippen LogP contribution in [0.15, 0.2) is 96.4 Å². The van der Waals surface area contributed by atoms with Crippen molar-refractivity contribution < 1.29 is 0 Å². The van der Waals surface area contributed by atoms with E-state index in [1.807, 2.05) is 30.9 Å². The molecule has 0 radical (unpaired) electrons. The Morgan fingerprint density at radius 3 is 1.77 bits per heavy atom. The molecule has 2 nitrogen and oxygen atoms in total. The summed E-state index contributed by atoms with van der Waals surface area (Å²) in [7, 11) is 0. The number of fused-ring (bicyclic) bond motifs is 4. The van der Waals surface area contributed by atoms with E-state index in [-0.39, 0.29) is 10.8 Å². The number of aliphatic imine (C=N–C) groups is 1. The SMILES string of the molecule is CC1(C)c2cc(C3=CN=CCC3)ccc2-c2ccc3c4c(ccc1c24)C(C)(C)c1cc(-c2cccnc2)ccc1-3. The molecule has 1 aromatic heterocycles. The predicted molar refractivity (Wildman–Crippen MR) is 168 cm³/mol. The smallest absolute Gasteiger partial charge is 0.0346 e. The largest absolute Gasteiger partial charge is 0.269 e. The first kappa shape index (κ1) is 23.6. The van der Waals surface area contributed by atoms with Crippen molar-refractivity contribution in [3.8, 4) is 33.4 Å². The lowest BCUT2D eigenvalue weighted by Gasteiger charge is -2.41. The van der Waals surface area contributed by atoms with Gasteiger partial charge in [0.25, 0.3) is 0 Å². The third-order valence-corrected chi connectivity index (χ3v) is 9.72. The molecule has 194 valence electrons. The molecule has 1 aliphatic heterocycles. The van der Waals surface area contributed by atoms with E-state index in [9.17, 15) is 0 Å². The van der Waals surface area contributed by atoms with Crippen LogP contribution in [0.1, 0.15) is 68.4 Å². The van der Waals surface area contributed by atoms with Crippen LogP contribution in [0.25, 0.3) is 49.7 Å². The van der Waals surface area contributed by atoms with Crippen LogP contribution in [0.4, 0.5) is 0 Å². The Labute approximate surface area is 236 Å². The molecule has 0 spiro atoms. The molecule has 0 fully saturated rings. The summed E-state index contributed by atoms with van der Waals surface area (Å²) in [6, 6.07) is 27.8. The van der Waals surface area contributed by atoms with Gasteiger partial charge in [0, 0.05) is 35.6 Å². The van der Waals surface area contributed by atoms with Gasteiger partial charge in [0.2, 0.25) is 0 Å². The summed E-state index contributed by atoms with van der Waals surface area (Å²) in [4.78, 5) is 8.82. The highest BCUT2D eigenvalue weighted by atomic mass is 14.7. The third kappa shape index (κ3) is 3.11. The summed E-state index contributed by atoms with van der Waals surface area (Å²) < 4.78 is 0. The lowest BCUT2D eigenvalue weighted by atomic mass is 9.62. The molecular weight excluding hydrogens is 484 g/mol. The fourth-order valence-electron chi connectivity index (χ4n) is 7.50. The van der Waals surface area contributed by atoms with Crippen LogP contribution in [0.5, 0.6) is 0 Å². The van der Waals surface area contributed by atoms with Gasteiger partial charge in [0.1, 0.15) is 0 Å². The van der Waals surface area contributed by atoms with E-state index >= 15 is 0 Å². The Bertz CT molecular complexity index is 1940. The molecule has 0 bridgehead atoms. The van der Waals surface area contributed by atoms with Crippen molar-refractivity contribution in [1.82, 2.24) is 4.98 Å². The van der Waals surface area contributed by atoms with Crippen LogP contribution < -0.4 is 0 Å². The number of nitrogens with zero attached hydrogens (tertiary/aromatic N) is 2. The normalized spacial score (nSPS) is 17.2. The zero-order valence-electron chi connectivity index (χ0n) is 23.5. The zero-order chi connectivity index (χ0) is 27.2. The van der Waals surface area contributed by atoms with Crippen molar-refractivity contribution in [3.63, 3.8) is 0 Å². The molecular formula is C38H32N2. The maximum atomic E-state index is 4.45. The molecule has 0 amide bonds. The summed E-state index contributed by atoms with van der Waals surface area (Å²) in [6.07, 6.45) is 9.92. The Morgan fingerprint density at radius 1 is 0.600 bits per heavy atom. The maximum absolute atomic E-state index is 4.45. The average Bonchev–Trinajstić information content (AvgIpc) is 2.99. The number of benzene rings is 4. The van der Waals surface area contributed by atoms with Gasteiger partial charge in [0.05, 0.1) is 0 Å². The van der Waals surface area contributed by atoms with Crippen molar-refractivity contribution in [2.75, 3.05) is 0 Å². The molecule has 2 heteroatoms. The first-order chi connectivity index (χ1) is 19.4. The number of aromatic nitrogens is 1. The van der Waals surface area contributed by atoms with E-state index < -0.39 is 0 Å². The van der Waals surface area contributed by atoms with E-state index in [1.165, 1.54) is 72.0 Å². The standard InChI is InChI=1S/C38H32N2/c1-37(2)31-15-16-32-36-30(28-12-10-24(20-34(28)38(32,3)4)26-8-6-18-40-22-26)14-13-29(35(31)36)27-11-9-23(19-33(27)37)25-7-5-17-39-21-25/h5,7,9-22H,6,8H2,1-4H3. The number of pyridine rings is 1. The minimum atomic E-state index is -0.125. The van der Waals surface area contributed by atoms with Crippen molar-refractivity contribution in [1.29, 1.82) is 0 Å². The molecule has 40 heavy (non-hydrogen) atoms. The second-order valence-electron chi connectivity index (χ2n) is 12.6. The number of hydrogen-bond acceptors (Lipinski definition) is 2. The Kier molecular flexibility index (Phi) is 4.78. The average molecular weight is 517 g/mol. The van der Waals surface area contributed by atoms with E-state index in [0.29, 0.717) is 0 Å². The molecule has 0 saturated heterocycles. The summed E-state index contributed by atoms with van der Waals surface area (Å²) in [5, 5.41) is 2.85. The fourth-order valence-corrected chi connectivity index (χ4v) is 7.50.